The van der Waals surface area contributed by atoms with Gasteiger partial charge in [0.25, 0.3) is 0 Å². The van der Waals surface area contributed by atoms with Crippen molar-refractivity contribution in [1.29, 1.82) is 0 Å². The topological polar surface area (TPSA) is 86.4 Å². The highest BCUT2D eigenvalue weighted by molar-refractivity contribution is 5.80. The van der Waals surface area contributed by atoms with Crippen molar-refractivity contribution >= 4 is 22.1 Å². The van der Waals surface area contributed by atoms with Crippen LogP contribution in [-0.4, -0.2) is 44.6 Å². The Kier molecular flexibility index (Phi) is 4.12. The van der Waals surface area contributed by atoms with E-state index < -0.39 is 6.29 Å². The second-order valence-electron chi connectivity index (χ2n) is 9.47. The molecular formula is C28H24N6O4. The van der Waals surface area contributed by atoms with Gasteiger partial charge in [-0.25, -0.2) is 0 Å². The molecule has 0 atom stereocenters. The number of phenolic OH excluding ortho intramolecular Hbond substituents is 2. The molecule has 10 heteroatoms. The van der Waals surface area contributed by atoms with Crippen molar-refractivity contribution in [2.75, 3.05) is 0 Å². The largest absolute Gasteiger partial charge is 0.505 e. The Bertz CT molecular complexity index is 1820. The standard InChI is InChI=1S/C28H24N6O4/c1-2-7-28(37-18-12-14-24(26(35)16-18)33-29-20-8-3-4-9-21(20)30(29)33)38-19-13-15-25(27(36)17-19)34-31-22-10-5-6-11-23(22)32(31)34/h3-6,8-17,28,35-36H,2,7H2,1H3. The maximum absolute atomic E-state index is 10.8. The van der Waals surface area contributed by atoms with E-state index in [2.05, 4.69) is 0 Å². The first-order chi connectivity index (χ1) is 18.6. The zero-order valence-corrected chi connectivity index (χ0v) is 20.5. The molecule has 4 heterocycles. The van der Waals surface area contributed by atoms with E-state index in [0.29, 0.717) is 29.3 Å². The van der Waals surface area contributed by atoms with Gasteiger partial charge in [-0.05, 0) is 55.0 Å². The number of aromatic hydroxyl groups is 2. The van der Waals surface area contributed by atoms with E-state index >= 15 is 0 Å². The van der Waals surface area contributed by atoms with Gasteiger partial charge in [-0.1, -0.05) is 31.2 Å². The van der Waals surface area contributed by atoms with Gasteiger partial charge in [0.05, 0.1) is 0 Å². The van der Waals surface area contributed by atoms with Gasteiger partial charge >= 0.3 is 0 Å². The van der Waals surface area contributed by atoms with Crippen molar-refractivity contribution in [3.05, 3.63) is 84.9 Å². The van der Waals surface area contributed by atoms with Gasteiger partial charge in [-0.2, -0.15) is 0 Å². The molecule has 0 saturated heterocycles. The summed E-state index contributed by atoms with van der Waals surface area (Å²) in [5, 5.41) is 21.5. The number of ether oxygens (including phenoxy) is 2. The summed E-state index contributed by atoms with van der Waals surface area (Å²) in [6.45, 7) is 2.05. The molecule has 0 unspecified atom stereocenters. The summed E-state index contributed by atoms with van der Waals surface area (Å²) in [5.74, 6) is 1.22. The van der Waals surface area contributed by atoms with Gasteiger partial charge in [-0.3, -0.25) is 0 Å². The van der Waals surface area contributed by atoms with Crippen LogP contribution in [0.15, 0.2) is 84.9 Å². The van der Waals surface area contributed by atoms with E-state index in [-0.39, 0.29) is 11.5 Å². The molecule has 0 aliphatic rings. The van der Waals surface area contributed by atoms with Crippen LogP contribution in [0.3, 0.4) is 0 Å². The highest BCUT2D eigenvalue weighted by Gasteiger charge is 2.27. The van der Waals surface area contributed by atoms with Gasteiger partial charge < -0.3 is 19.7 Å². The molecule has 4 aromatic heterocycles. The van der Waals surface area contributed by atoms with Crippen LogP contribution in [0.4, 0.5) is 0 Å². The summed E-state index contributed by atoms with van der Waals surface area (Å²) in [6.07, 6.45) is 0.890. The fourth-order valence-electron chi connectivity index (χ4n) is 5.17. The first kappa shape index (κ1) is 21.0. The zero-order chi connectivity index (χ0) is 25.5. The van der Waals surface area contributed by atoms with Crippen molar-refractivity contribution in [2.24, 2.45) is 0 Å². The molecule has 38 heavy (non-hydrogen) atoms. The number of hydrogen-bond donors (Lipinski definition) is 2. The van der Waals surface area contributed by atoms with E-state index in [1.807, 2.05) is 108 Å². The molecule has 190 valence electrons. The average Bonchev–Trinajstić information content (AvgIpc) is 3.76. The SMILES string of the molecule is CCCC(Oc1ccc(-n2n3c4ccccc4n23)c(O)c1)Oc1ccc(-n2n3c4ccccc4n23)c(O)c1. The number of rotatable bonds is 8. The van der Waals surface area contributed by atoms with Crippen LogP contribution < -0.4 is 9.47 Å². The van der Waals surface area contributed by atoms with Crippen molar-refractivity contribution in [1.82, 2.24) is 28.1 Å². The molecule has 8 aromatic rings. The molecule has 0 amide bonds. The minimum Gasteiger partial charge on any atom is -0.505 e. The van der Waals surface area contributed by atoms with Crippen molar-refractivity contribution in [2.45, 2.75) is 26.1 Å². The predicted octanol–water partition coefficient (Wildman–Crippen LogP) is 5.15. The third-order valence-electron chi connectivity index (χ3n) is 7.03. The Morgan fingerprint density at radius 3 is 1.34 bits per heavy atom. The lowest BCUT2D eigenvalue weighted by molar-refractivity contribution is -0.00125. The van der Waals surface area contributed by atoms with Crippen LogP contribution in [0.1, 0.15) is 19.8 Å². The Morgan fingerprint density at radius 2 is 1.00 bits per heavy atom. The highest BCUT2D eigenvalue weighted by atomic mass is 16.7. The molecule has 0 fully saturated rings. The van der Waals surface area contributed by atoms with Gasteiger partial charge in [0.1, 0.15) is 56.4 Å². The number of para-hydroxylation sites is 4. The number of phenols is 2. The first-order valence-electron chi connectivity index (χ1n) is 12.6. The Labute approximate surface area is 215 Å². The first-order valence-corrected chi connectivity index (χ1v) is 12.6. The van der Waals surface area contributed by atoms with E-state index in [4.69, 9.17) is 9.47 Å². The summed E-state index contributed by atoms with van der Waals surface area (Å²) in [5.41, 5.74) is 5.73. The molecule has 0 spiro atoms. The Morgan fingerprint density at radius 1 is 0.605 bits per heavy atom. The van der Waals surface area contributed by atoms with Crippen molar-refractivity contribution in [3.63, 3.8) is 0 Å². The van der Waals surface area contributed by atoms with Gasteiger partial charge in [-0.15, -0.1) is 28.1 Å². The molecular weight excluding hydrogens is 484 g/mol. The van der Waals surface area contributed by atoms with Gasteiger partial charge in [0, 0.05) is 18.6 Å². The maximum atomic E-state index is 10.8. The van der Waals surface area contributed by atoms with Crippen LogP contribution in [0.25, 0.3) is 33.4 Å². The number of benzene rings is 4. The van der Waals surface area contributed by atoms with E-state index in [1.54, 1.807) is 12.1 Å². The van der Waals surface area contributed by atoms with Crippen molar-refractivity contribution < 1.29 is 19.7 Å². The number of hydrogen-bond acceptors (Lipinski definition) is 4. The molecule has 0 radical (unpaired) electrons. The van der Waals surface area contributed by atoms with E-state index in [1.165, 1.54) is 0 Å². The van der Waals surface area contributed by atoms with Gasteiger partial charge in [0.2, 0.25) is 6.29 Å². The molecule has 2 N–H and O–H groups in total. The van der Waals surface area contributed by atoms with Gasteiger partial charge in [0.15, 0.2) is 0 Å². The quantitative estimate of drug-likeness (QED) is 0.278. The minimum absolute atomic E-state index is 0.110. The Balaban J connectivity index is 1.01. The summed E-state index contributed by atoms with van der Waals surface area (Å²) in [7, 11) is 0. The minimum atomic E-state index is -0.584. The third-order valence-corrected chi connectivity index (χ3v) is 7.03. The lowest BCUT2D eigenvalue weighted by Gasteiger charge is -2.20. The molecule has 0 bridgehead atoms. The van der Waals surface area contributed by atoms with Crippen molar-refractivity contribution in [3.8, 4) is 34.4 Å². The highest BCUT2D eigenvalue weighted by Crippen LogP contribution is 2.35. The van der Waals surface area contributed by atoms with Crippen LogP contribution in [-0.2, 0) is 0 Å². The van der Waals surface area contributed by atoms with E-state index in [9.17, 15) is 10.2 Å². The number of fused-ring (bicyclic) bond motifs is 8. The fourth-order valence-corrected chi connectivity index (χ4v) is 5.17. The lowest BCUT2D eigenvalue weighted by atomic mass is 10.2. The molecule has 10 nitrogen and oxygen atoms in total. The summed E-state index contributed by atoms with van der Waals surface area (Å²) < 4.78 is 20.2. The second-order valence-corrected chi connectivity index (χ2v) is 9.47. The number of nitrogens with zero attached hydrogens (tertiary/aromatic N) is 6. The molecule has 0 aliphatic heterocycles. The molecule has 0 saturated carbocycles. The Hall–Kier alpha value is -5.12. The monoisotopic (exact) mass is 508 g/mol. The van der Waals surface area contributed by atoms with Crippen LogP contribution in [0, 0.1) is 0 Å². The second kappa shape index (κ2) is 7.45. The summed E-state index contributed by atoms with van der Waals surface area (Å²) in [4.78, 5) is 3.81. The van der Waals surface area contributed by atoms with Crippen LogP contribution in [0.5, 0.6) is 23.0 Å². The fraction of sp³-hybridized carbons (Fsp3) is 0.143. The van der Waals surface area contributed by atoms with E-state index in [0.717, 1.165) is 28.5 Å². The summed E-state index contributed by atoms with van der Waals surface area (Å²) >= 11 is 0. The van der Waals surface area contributed by atoms with Crippen LogP contribution in [0.2, 0.25) is 0 Å². The third kappa shape index (κ3) is 2.88. The predicted molar refractivity (Wildman–Crippen MR) is 141 cm³/mol. The molecule has 4 aromatic carbocycles. The zero-order valence-electron chi connectivity index (χ0n) is 20.5. The summed E-state index contributed by atoms with van der Waals surface area (Å²) in [6, 6.07) is 26.6. The molecule has 8 rings (SSSR count). The maximum Gasteiger partial charge on any atom is 0.241 e. The number of aromatic nitrogens is 6. The van der Waals surface area contributed by atoms with Crippen LogP contribution >= 0.6 is 0 Å². The lowest BCUT2D eigenvalue weighted by Crippen LogP contribution is -2.23. The smallest absolute Gasteiger partial charge is 0.241 e. The molecule has 0 aliphatic carbocycles. The normalized spacial score (nSPS) is 12.5. The average molecular weight is 509 g/mol.